The van der Waals surface area contributed by atoms with Gasteiger partial charge in [-0.15, -0.1) is 0 Å². The standard InChI is InChI=1S/C25H35N3O6/c1-27-6-8-28(9-7-27)23(30)14-18-13-20-19-12-17(26-25(31)16-4-10-32-11-5-16)2-3-21(19)34-24(20)22(15-29)33-18/h2-3,12,16,18,20,22,24,29H,4-11,13-15H2,1H3,(H,26,31)/t18-,20+,22+,24-/m0/s1. The van der Waals surface area contributed by atoms with E-state index in [0.717, 1.165) is 56.0 Å². The zero-order chi connectivity index (χ0) is 23.7. The third-order valence-electron chi connectivity index (χ3n) is 7.62. The van der Waals surface area contributed by atoms with Crippen molar-refractivity contribution < 1.29 is 28.9 Å². The fraction of sp³-hybridized carbons (Fsp3) is 0.680. The van der Waals surface area contributed by atoms with Gasteiger partial charge in [-0.2, -0.15) is 0 Å². The zero-order valence-corrected chi connectivity index (χ0v) is 19.8. The summed E-state index contributed by atoms with van der Waals surface area (Å²) in [7, 11) is 2.07. The van der Waals surface area contributed by atoms with Gasteiger partial charge in [-0.1, -0.05) is 0 Å². The van der Waals surface area contributed by atoms with Crippen molar-refractivity contribution in [2.24, 2.45) is 5.92 Å². The average Bonchev–Trinajstić information content (AvgIpc) is 3.22. The summed E-state index contributed by atoms with van der Waals surface area (Å²) in [5.41, 5.74) is 1.75. The number of likely N-dealkylation sites (N-methyl/N-ethyl adjacent to an activating group) is 1. The Kier molecular flexibility index (Phi) is 7.06. The number of amides is 2. The molecule has 4 aliphatic rings. The van der Waals surface area contributed by atoms with E-state index in [-0.39, 0.29) is 42.5 Å². The summed E-state index contributed by atoms with van der Waals surface area (Å²) in [6.45, 7) is 4.31. The van der Waals surface area contributed by atoms with Crippen LogP contribution in [0.3, 0.4) is 0 Å². The number of ether oxygens (including phenoxy) is 3. The summed E-state index contributed by atoms with van der Waals surface area (Å²) >= 11 is 0. The number of carbonyl (C=O) groups is 2. The van der Waals surface area contributed by atoms with Gasteiger partial charge in [-0.3, -0.25) is 9.59 Å². The molecule has 2 N–H and O–H groups in total. The van der Waals surface area contributed by atoms with Gasteiger partial charge in [0.1, 0.15) is 18.0 Å². The molecule has 4 atom stereocenters. The number of aliphatic hydroxyl groups excluding tert-OH is 1. The van der Waals surface area contributed by atoms with Gasteiger partial charge in [0.05, 0.1) is 19.1 Å². The third kappa shape index (κ3) is 4.93. The van der Waals surface area contributed by atoms with Crippen molar-refractivity contribution in [3.63, 3.8) is 0 Å². The van der Waals surface area contributed by atoms with Crippen LogP contribution in [0.15, 0.2) is 18.2 Å². The van der Waals surface area contributed by atoms with Crippen LogP contribution in [0.4, 0.5) is 5.69 Å². The second-order valence-corrected chi connectivity index (χ2v) is 9.92. The molecule has 4 aliphatic heterocycles. The van der Waals surface area contributed by atoms with E-state index in [4.69, 9.17) is 14.2 Å². The highest BCUT2D eigenvalue weighted by atomic mass is 16.6. The number of hydrogen-bond donors (Lipinski definition) is 2. The number of aliphatic hydroxyl groups is 1. The van der Waals surface area contributed by atoms with Crippen molar-refractivity contribution in [1.82, 2.24) is 9.80 Å². The number of nitrogens with zero attached hydrogens (tertiary/aromatic N) is 2. The van der Waals surface area contributed by atoms with Gasteiger partial charge in [0.25, 0.3) is 0 Å². The predicted octanol–water partition coefficient (Wildman–Crippen LogP) is 1.21. The SMILES string of the molecule is CN1CCN(C(=O)C[C@@H]2C[C@@H]3c4cc(NC(=O)C5CCOCC5)ccc4O[C@@H]3[C@@H](CO)O2)CC1. The molecule has 0 aliphatic carbocycles. The number of fused-ring (bicyclic) bond motifs is 3. The second-order valence-electron chi connectivity index (χ2n) is 9.92. The van der Waals surface area contributed by atoms with Crippen molar-refractivity contribution in [3.05, 3.63) is 23.8 Å². The molecule has 0 aromatic heterocycles. The Morgan fingerprint density at radius 1 is 1.15 bits per heavy atom. The van der Waals surface area contributed by atoms with Crippen LogP contribution in [0.5, 0.6) is 5.75 Å². The Hall–Kier alpha value is -2.20. The maximum absolute atomic E-state index is 12.9. The van der Waals surface area contributed by atoms with Crippen molar-refractivity contribution in [1.29, 1.82) is 0 Å². The monoisotopic (exact) mass is 473 g/mol. The molecular weight excluding hydrogens is 438 g/mol. The predicted molar refractivity (Wildman–Crippen MR) is 125 cm³/mol. The first-order valence-electron chi connectivity index (χ1n) is 12.4. The molecule has 5 rings (SSSR count). The average molecular weight is 474 g/mol. The Morgan fingerprint density at radius 3 is 2.65 bits per heavy atom. The molecule has 4 heterocycles. The third-order valence-corrected chi connectivity index (χ3v) is 7.62. The normalized spacial score (nSPS) is 29.8. The summed E-state index contributed by atoms with van der Waals surface area (Å²) < 4.78 is 17.6. The Balaban J connectivity index is 1.27. The molecule has 1 aromatic rings. The first kappa shape index (κ1) is 23.5. The minimum absolute atomic E-state index is 0.00567. The van der Waals surface area contributed by atoms with Gasteiger partial charge in [-0.25, -0.2) is 0 Å². The smallest absolute Gasteiger partial charge is 0.227 e. The Bertz CT molecular complexity index is 897. The van der Waals surface area contributed by atoms with E-state index < -0.39 is 6.10 Å². The van der Waals surface area contributed by atoms with Gasteiger partial charge in [0.15, 0.2) is 0 Å². The van der Waals surface area contributed by atoms with E-state index in [1.54, 1.807) is 0 Å². The summed E-state index contributed by atoms with van der Waals surface area (Å²) in [4.78, 5) is 29.7. The molecule has 0 bridgehead atoms. The van der Waals surface area contributed by atoms with E-state index in [2.05, 4.69) is 17.3 Å². The first-order valence-corrected chi connectivity index (χ1v) is 12.4. The maximum Gasteiger partial charge on any atom is 0.227 e. The number of anilines is 1. The van der Waals surface area contributed by atoms with Crippen LogP contribution < -0.4 is 10.1 Å². The van der Waals surface area contributed by atoms with Gasteiger partial charge < -0.3 is 34.4 Å². The molecule has 1 aromatic carbocycles. The lowest BCUT2D eigenvalue weighted by Gasteiger charge is -2.38. The summed E-state index contributed by atoms with van der Waals surface area (Å²) in [6.07, 6.45) is 1.37. The molecule has 0 unspecified atom stereocenters. The molecule has 2 amide bonds. The van der Waals surface area contributed by atoms with Crippen molar-refractivity contribution in [3.8, 4) is 5.75 Å². The van der Waals surface area contributed by atoms with Crippen LogP contribution in [0.25, 0.3) is 0 Å². The van der Waals surface area contributed by atoms with Crippen molar-refractivity contribution in [2.75, 3.05) is 58.4 Å². The van der Waals surface area contributed by atoms with E-state index in [0.29, 0.717) is 26.1 Å². The number of benzene rings is 1. The largest absolute Gasteiger partial charge is 0.487 e. The minimum atomic E-state index is -0.489. The molecule has 3 fully saturated rings. The molecule has 9 nitrogen and oxygen atoms in total. The van der Waals surface area contributed by atoms with E-state index >= 15 is 0 Å². The highest BCUT2D eigenvalue weighted by molar-refractivity contribution is 5.92. The first-order chi connectivity index (χ1) is 16.5. The number of carbonyl (C=O) groups excluding carboxylic acids is 2. The van der Waals surface area contributed by atoms with Crippen LogP contribution in [0.2, 0.25) is 0 Å². The molecule has 3 saturated heterocycles. The molecule has 34 heavy (non-hydrogen) atoms. The summed E-state index contributed by atoms with van der Waals surface area (Å²) in [5.74, 6) is 0.857. The Morgan fingerprint density at radius 2 is 1.91 bits per heavy atom. The molecular formula is C25H35N3O6. The van der Waals surface area contributed by atoms with Gasteiger partial charge in [0, 0.05) is 62.5 Å². The Labute approximate surface area is 200 Å². The zero-order valence-electron chi connectivity index (χ0n) is 19.8. The second kappa shape index (κ2) is 10.2. The molecule has 186 valence electrons. The van der Waals surface area contributed by atoms with Crippen LogP contribution in [0.1, 0.15) is 37.2 Å². The van der Waals surface area contributed by atoms with Crippen LogP contribution >= 0.6 is 0 Å². The van der Waals surface area contributed by atoms with E-state index in [1.807, 2.05) is 23.1 Å². The highest BCUT2D eigenvalue weighted by Gasteiger charge is 2.46. The number of rotatable bonds is 5. The van der Waals surface area contributed by atoms with Gasteiger partial charge >= 0.3 is 0 Å². The quantitative estimate of drug-likeness (QED) is 0.663. The van der Waals surface area contributed by atoms with Crippen molar-refractivity contribution in [2.45, 2.75) is 49.9 Å². The maximum atomic E-state index is 12.9. The lowest BCUT2D eigenvalue weighted by molar-refractivity contribution is -0.150. The lowest BCUT2D eigenvalue weighted by Crippen LogP contribution is -2.50. The minimum Gasteiger partial charge on any atom is -0.487 e. The number of nitrogens with one attached hydrogen (secondary N) is 1. The number of hydrogen-bond acceptors (Lipinski definition) is 7. The molecule has 0 radical (unpaired) electrons. The van der Waals surface area contributed by atoms with E-state index in [1.165, 1.54) is 0 Å². The fourth-order valence-corrected chi connectivity index (χ4v) is 5.55. The topological polar surface area (TPSA) is 101 Å². The van der Waals surface area contributed by atoms with Crippen LogP contribution in [-0.4, -0.2) is 98.1 Å². The number of piperazine rings is 1. The summed E-state index contributed by atoms with van der Waals surface area (Å²) in [6, 6.07) is 5.72. The van der Waals surface area contributed by atoms with Crippen LogP contribution in [-0.2, 0) is 19.1 Å². The van der Waals surface area contributed by atoms with E-state index in [9.17, 15) is 14.7 Å². The fourth-order valence-electron chi connectivity index (χ4n) is 5.55. The van der Waals surface area contributed by atoms with Crippen molar-refractivity contribution >= 4 is 17.5 Å². The van der Waals surface area contributed by atoms with Gasteiger partial charge in [0.2, 0.25) is 11.8 Å². The molecule has 9 heteroatoms. The van der Waals surface area contributed by atoms with Gasteiger partial charge in [-0.05, 0) is 44.5 Å². The van der Waals surface area contributed by atoms with Crippen LogP contribution in [0, 0.1) is 5.92 Å². The molecule has 0 saturated carbocycles. The summed E-state index contributed by atoms with van der Waals surface area (Å²) in [5, 5.41) is 13.0. The highest BCUT2D eigenvalue weighted by Crippen LogP contribution is 2.47. The lowest BCUT2D eigenvalue weighted by atomic mass is 9.84. The molecule has 0 spiro atoms.